The molecule has 0 radical (unpaired) electrons. The minimum Gasteiger partial charge on any atom is -0.383 e. The summed E-state index contributed by atoms with van der Waals surface area (Å²) in [6, 6.07) is 5.57. The zero-order chi connectivity index (χ0) is 12.4. The van der Waals surface area contributed by atoms with Gasteiger partial charge in [-0.25, -0.2) is 0 Å². The standard InChI is InChI=1S/C13H18N2O2/c1-9-3-4-12-10(7-9)5-6-15(12)13(16)11(14)8-17-2/h3-4,7,11H,5-6,8,14H2,1-2H3. The molecule has 0 aromatic heterocycles. The highest BCUT2D eigenvalue weighted by atomic mass is 16.5. The van der Waals surface area contributed by atoms with Gasteiger partial charge in [0.1, 0.15) is 6.04 Å². The fourth-order valence-corrected chi connectivity index (χ4v) is 2.21. The van der Waals surface area contributed by atoms with Crippen molar-refractivity contribution in [3.05, 3.63) is 29.3 Å². The molecule has 1 aromatic carbocycles. The van der Waals surface area contributed by atoms with E-state index in [0.717, 1.165) is 18.7 Å². The van der Waals surface area contributed by atoms with Gasteiger partial charge in [-0.15, -0.1) is 0 Å². The maximum atomic E-state index is 12.1. The number of fused-ring (bicyclic) bond motifs is 1. The highest BCUT2D eigenvalue weighted by molar-refractivity contribution is 5.99. The smallest absolute Gasteiger partial charge is 0.246 e. The Morgan fingerprint density at radius 1 is 1.59 bits per heavy atom. The van der Waals surface area contributed by atoms with Gasteiger partial charge in [0.05, 0.1) is 6.61 Å². The lowest BCUT2D eigenvalue weighted by molar-refractivity contribution is -0.120. The Morgan fingerprint density at radius 3 is 3.06 bits per heavy atom. The Morgan fingerprint density at radius 2 is 2.35 bits per heavy atom. The van der Waals surface area contributed by atoms with E-state index in [2.05, 4.69) is 13.0 Å². The summed E-state index contributed by atoms with van der Waals surface area (Å²) in [7, 11) is 1.55. The molecular formula is C13H18N2O2. The molecule has 92 valence electrons. The SMILES string of the molecule is COCC(N)C(=O)N1CCc2cc(C)ccc21. The summed E-state index contributed by atoms with van der Waals surface area (Å²) in [4.78, 5) is 13.9. The molecule has 0 aliphatic carbocycles. The van der Waals surface area contributed by atoms with Crippen LogP contribution < -0.4 is 10.6 Å². The van der Waals surface area contributed by atoms with Gasteiger partial charge in [-0.05, 0) is 25.0 Å². The van der Waals surface area contributed by atoms with Crippen LogP contribution in [0.4, 0.5) is 5.69 Å². The van der Waals surface area contributed by atoms with E-state index in [4.69, 9.17) is 10.5 Å². The van der Waals surface area contributed by atoms with Crippen molar-refractivity contribution in [1.29, 1.82) is 0 Å². The molecule has 0 fully saturated rings. The van der Waals surface area contributed by atoms with Gasteiger partial charge >= 0.3 is 0 Å². The fraction of sp³-hybridized carbons (Fsp3) is 0.462. The first-order valence-electron chi connectivity index (χ1n) is 5.79. The summed E-state index contributed by atoms with van der Waals surface area (Å²) in [5.41, 5.74) is 9.22. The van der Waals surface area contributed by atoms with Crippen molar-refractivity contribution >= 4 is 11.6 Å². The van der Waals surface area contributed by atoms with Crippen LogP contribution >= 0.6 is 0 Å². The van der Waals surface area contributed by atoms with Crippen molar-refractivity contribution in [2.24, 2.45) is 5.73 Å². The third-order valence-electron chi connectivity index (χ3n) is 3.06. The van der Waals surface area contributed by atoms with Crippen LogP contribution in [0.25, 0.3) is 0 Å². The molecule has 2 N–H and O–H groups in total. The van der Waals surface area contributed by atoms with Crippen molar-refractivity contribution < 1.29 is 9.53 Å². The second kappa shape index (κ2) is 4.85. The molecule has 17 heavy (non-hydrogen) atoms. The first-order chi connectivity index (χ1) is 8.13. The van der Waals surface area contributed by atoms with Crippen LogP contribution in [-0.2, 0) is 16.0 Å². The molecule has 1 heterocycles. The van der Waals surface area contributed by atoms with Gasteiger partial charge < -0.3 is 15.4 Å². The normalized spacial score (nSPS) is 15.8. The highest BCUT2D eigenvalue weighted by Gasteiger charge is 2.28. The van der Waals surface area contributed by atoms with Crippen LogP contribution in [0.15, 0.2) is 18.2 Å². The number of carbonyl (C=O) groups excluding carboxylic acids is 1. The third-order valence-corrected chi connectivity index (χ3v) is 3.06. The summed E-state index contributed by atoms with van der Waals surface area (Å²) in [5, 5.41) is 0. The van der Waals surface area contributed by atoms with Gasteiger partial charge in [0, 0.05) is 19.3 Å². The maximum absolute atomic E-state index is 12.1. The number of aryl methyl sites for hydroxylation is 1. The predicted octanol–water partition coefficient (Wildman–Crippen LogP) is 0.858. The van der Waals surface area contributed by atoms with E-state index in [1.165, 1.54) is 11.1 Å². The third kappa shape index (κ3) is 2.33. The molecule has 1 amide bonds. The fourth-order valence-electron chi connectivity index (χ4n) is 2.21. The molecule has 1 aliphatic rings. The van der Waals surface area contributed by atoms with Crippen molar-refractivity contribution in [2.75, 3.05) is 25.2 Å². The number of rotatable bonds is 3. The van der Waals surface area contributed by atoms with Crippen LogP contribution in [0, 0.1) is 6.92 Å². The van der Waals surface area contributed by atoms with E-state index in [1.807, 2.05) is 12.1 Å². The Kier molecular flexibility index (Phi) is 3.45. The van der Waals surface area contributed by atoms with Crippen LogP contribution in [-0.4, -0.2) is 32.2 Å². The van der Waals surface area contributed by atoms with Crippen LogP contribution in [0.3, 0.4) is 0 Å². The van der Waals surface area contributed by atoms with Gasteiger partial charge in [0.15, 0.2) is 0 Å². The van der Waals surface area contributed by atoms with Gasteiger partial charge in [0.2, 0.25) is 5.91 Å². The molecular weight excluding hydrogens is 216 g/mol. The van der Waals surface area contributed by atoms with E-state index in [9.17, 15) is 4.79 Å². The lowest BCUT2D eigenvalue weighted by Crippen LogP contribution is -2.45. The average Bonchev–Trinajstić information content (AvgIpc) is 2.71. The van der Waals surface area contributed by atoms with Crippen molar-refractivity contribution in [2.45, 2.75) is 19.4 Å². The topological polar surface area (TPSA) is 55.6 Å². The second-order valence-corrected chi connectivity index (χ2v) is 4.43. The molecule has 4 nitrogen and oxygen atoms in total. The molecule has 0 spiro atoms. The van der Waals surface area contributed by atoms with E-state index >= 15 is 0 Å². The molecule has 4 heteroatoms. The van der Waals surface area contributed by atoms with E-state index in [1.54, 1.807) is 12.0 Å². The van der Waals surface area contributed by atoms with Gasteiger partial charge in [-0.1, -0.05) is 17.7 Å². The number of hydrogen-bond acceptors (Lipinski definition) is 3. The van der Waals surface area contributed by atoms with Crippen molar-refractivity contribution in [3.8, 4) is 0 Å². The van der Waals surface area contributed by atoms with Crippen molar-refractivity contribution in [1.82, 2.24) is 0 Å². The molecule has 0 saturated carbocycles. The number of nitrogens with two attached hydrogens (primary N) is 1. The summed E-state index contributed by atoms with van der Waals surface area (Å²) >= 11 is 0. The quantitative estimate of drug-likeness (QED) is 0.844. The number of ether oxygens (including phenoxy) is 1. The molecule has 1 aromatic rings. The first kappa shape index (κ1) is 12.1. The molecule has 0 saturated heterocycles. The minimum absolute atomic E-state index is 0.0607. The summed E-state index contributed by atoms with van der Waals surface area (Å²) in [6.07, 6.45) is 0.905. The Bertz CT molecular complexity index is 431. The summed E-state index contributed by atoms with van der Waals surface area (Å²) < 4.78 is 4.92. The Balaban J connectivity index is 2.19. The maximum Gasteiger partial charge on any atom is 0.246 e. The number of carbonyl (C=O) groups is 1. The van der Waals surface area contributed by atoms with E-state index in [-0.39, 0.29) is 12.5 Å². The first-order valence-corrected chi connectivity index (χ1v) is 5.79. The molecule has 1 aliphatic heterocycles. The Labute approximate surface area is 101 Å². The van der Waals surface area contributed by atoms with Gasteiger partial charge in [-0.3, -0.25) is 4.79 Å². The van der Waals surface area contributed by atoms with Crippen LogP contribution in [0.2, 0.25) is 0 Å². The number of benzene rings is 1. The number of anilines is 1. The van der Waals surface area contributed by atoms with Crippen LogP contribution in [0.5, 0.6) is 0 Å². The minimum atomic E-state index is -0.577. The van der Waals surface area contributed by atoms with E-state index < -0.39 is 6.04 Å². The lowest BCUT2D eigenvalue weighted by atomic mass is 10.1. The monoisotopic (exact) mass is 234 g/mol. The molecule has 1 atom stereocenters. The van der Waals surface area contributed by atoms with Gasteiger partial charge in [0.25, 0.3) is 0 Å². The number of nitrogens with zero attached hydrogens (tertiary/aromatic N) is 1. The molecule has 0 bridgehead atoms. The number of hydrogen-bond donors (Lipinski definition) is 1. The largest absolute Gasteiger partial charge is 0.383 e. The molecule has 2 rings (SSSR count). The number of methoxy groups -OCH3 is 1. The summed E-state index contributed by atoms with van der Waals surface area (Å²) in [6.45, 7) is 3.03. The zero-order valence-electron chi connectivity index (χ0n) is 10.3. The summed E-state index contributed by atoms with van der Waals surface area (Å²) in [5.74, 6) is -0.0607. The predicted molar refractivity (Wildman–Crippen MR) is 67.1 cm³/mol. The number of amides is 1. The van der Waals surface area contributed by atoms with Gasteiger partial charge in [-0.2, -0.15) is 0 Å². The van der Waals surface area contributed by atoms with E-state index in [0.29, 0.717) is 0 Å². The highest BCUT2D eigenvalue weighted by Crippen LogP contribution is 2.28. The molecule has 1 unspecified atom stereocenters. The van der Waals surface area contributed by atoms with Crippen LogP contribution in [0.1, 0.15) is 11.1 Å². The Hall–Kier alpha value is -1.39. The second-order valence-electron chi connectivity index (χ2n) is 4.43. The van der Waals surface area contributed by atoms with Crippen molar-refractivity contribution in [3.63, 3.8) is 0 Å². The lowest BCUT2D eigenvalue weighted by Gasteiger charge is -2.21. The average molecular weight is 234 g/mol. The zero-order valence-corrected chi connectivity index (χ0v) is 10.3.